The van der Waals surface area contributed by atoms with Crippen LogP contribution in [0.5, 0.6) is 0 Å². The number of halogens is 1. The first kappa shape index (κ1) is 17.3. The molecule has 0 aromatic heterocycles. The first-order chi connectivity index (χ1) is 10.2. The molecule has 0 bridgehead atoms. The Labute approximate surface area is 136 Å². The molecule has 2 rings (SSSR count). The lowest BCUT2D eigenvalue weighted by molar-refractivity contribution is -0.131. The quantitative estimate of drug-likeness (QED) is 0.557. The fourth-order valence-corrected chi connectivity index (χ4v) is 4.79. The molecule has 0 unspecified atom stereocenters. The number of nitrogens with zero attached hydrogens (tertiary/aromatic N) is 2. The van der Waals surface area contributed by atoms with Crippen LogP contribution >= 0.6 is 11.6 Å². The molecule has 0 aromatic carbocycles. The zero-order valence-corrected chi connectivity index (χ0v) is 14.5. The molecule has 0 radical (unpaired) electrons. The number of amides is 2. The predicted molar refractivity (Wildman–Crippen MR) is 83.8 cm³/mol. The Morgan fingerprint density at radius 1 is 1.45 bits per heavy atom. The molecule has 2 aliphatic rings. The molecule has 6 nitrogen and oxygen atoms in total. The number of carbonyl (C=O) groups is 2. The van der Waals surface area contributed by atoms with E-state index in [0.717, 1.165) is 10.6 Å². The highest BCUT2D eigenvalue weighted by molar-refractivity contribution is 7.88. The topological polar surface area (TPSA) is 74.8 Å². The first-order valence-electron chi connectivity index (χ1n) is 7.26. The van der Waals surface area contributed by atoms with Crippen LogP contribution < -0.4 is 0 Å². The summed E-state index contributed by atoms with van der Waals surface area (Å²) >= 11 is 5.55. The van der Waals surface area contributed by atoms with Crippen molar-refractivity contribution in [2.24, 2.45) is 11.8 Å². The van der Waals surface area contributed by atoms with Crippen molar-refractivity contribution in [3.05, 3.63) is 12.2 Å². The average molecular weight is 349 g/mol. The average Bonchev–Trinajstić information content (AvgIpc) is 2.90. The van der Waals surface area contributed by atoms with Crippen molar-refractivity contribution < 1.29 is 18.0 Å². The minimum absolute atomic E-state index is 0.0443. The molecule has 0 N–H and O–H groups in total. The summed E-state index contributed by atoms with van der Waals surface area (Å²) in [6.07, 6.45) is 4.46. The Balaban J connectivity index is 2.39. The number of allylic oxidation sites excluding steroid dienone is 1. The zero-order chi connectivity index (χ0) is 16.7. The second-order valence-electron chi connectivity index (χ2n) is 6.10. The van der Waals surface area contributed by atoms with Crippen LogP contribution in [0.4, 0.5) is 0 Å². The number of likely N-dealkylation sites (tertiary alicyclic amines) is 1. The standard InChI is InChI=1S/C14H21ClN2O4S/c1-9(2)12-13-10(17(14(12)19)22(3,20)21)6-8-16(13)11(18)5-4-7-15/h4-5,9-10,12-13H,6-8H2,1-3H3/t10-,12+,13-/m0/s1. The summed E-state index contributed by atoms with van der Waals surface area (Å²) in [5.41, 5.74) is 0. The van der Waals surface area contributed by atoms with Gasteiger partial charge in [0, 0.05) is 18.5 Å². The van der Waals surface area contributed by atoms with E-state index in [2.05, 4.69) is 0 Å². The molecule has 2 fully saturated rings. The summed E-state index contributed by atoms with van der Waals surface area (Å²) in [6, 6.07) is -0.849. The molecule has 2 saturated heterocycles. The van der Waals surface area contributed by atoms with Gasteiger partial charge in [0.2, 0.25) is 21.8 Å². The predicted octanol–water partition coefficient (Wildman–Crippen LogP) is 0.825. The minimum Gasteiger partial charge on any atom is -0.333 e. The number of carbonyl (C=O) groups excluding carboxylic acids is 2. The highest BCUT2D eigenvalue weighted by atomic mass is 35.5. The second kappa shape index (κ2) is 6.20. The van der Waals surface area contributed by atoms with Gasteiger partial charge in [-0.1, -0.05) is 19.9 Å². The van der Waals surface area contributed by atoms with Gasteiger partial charge < -0.3 is 4.90 Å². The molecule has 0 spiro atoms. The van der Waals surface area contributed by atoms with Crippen molar-refractivity contribution in [1.29, 1.82) is 0 Å². The van der Waals surface area contributed by atoms with E-state index in [1.165, 1.54) is 6.08 Å². The van der Waals surface area contributed by atoms with Crippen LogP contribution in [0.3, 0.4) is 0 Å². The molecule has 0 saturated carbocycles. The maximum absolute atomic E-state index is 12.6. The number of fused-ring (bicyclic) bond motifs is 1. The smallest absolute Gasteiger partial charge is 0.246 e. The summed E-state index contributed by atoms with van der Waals surface area (Å²) in [7, 11) is -3.63. The Kier molecular flexibility index (Phi) is 4.87. The number of alkyl halides is 1. The Morgan fingerprint density at radius 3 is 2.59 bits per heavy atom. The van der Waals surface area contributed by atoms with Gasteiger partial charge in [-0.2, -0.15) is 0 Å². The fraction of sp³-hybridized carbons (Fsp3) is 0.714. The molecule has 0 aliphatic carbocycles. The minimum atomic E-state index is -3.63. The van der Waals surface area contributed by atoms with Gasteiger partial charge in [0.15, 0.2) is 0 Å². The van der Waals surface area contributed by atoms with Crippen LogP contribution in [-0.2, 0) is 19.6 Å². The van der Waals surface area contributed by atoms with Crippen LogP contribution in [0, 0.1) is 11.8 Å². The van der Waals surface area contributed by atoms with Crippen molar-refractivity contribution >= 4 is 33.4 Å². The van der Waals surface area contributed by atoms with Gasteiger partial charge in [0.05, 0.1) is 24.3 Å². The number of sulfonamides is 1. The van der Waals surface area contributed by atoms with Gasteiger partial charge in [0.1, 0.15) is 0 Å². The van der Waals surface area contributed by atoms with Crippen LogP contribution in [0.15, 0.2) is 12.2 Å². The molecule has 3 atom stereocenters. The lowest BCUT2D eigenvalue weighted by atomic mass is 9.88. The van der Waals surface area contributed by atoms with E-state index < -0.39 is 33.9 Å². The summed E-state index contributed by atoms with van der Waals surface area (Å²) < 4.78 is 24.9. The third kappa shape index (κ3) is 2.88. The highest BCUT2D eigenvalue weighted by Crippen LogP contribution is 2.41. The normalized spacial score (nSPS) is 29.0. The lowest BCUT2D eigenvalue weighted by Crippen LogP contribution is -2.43. The summed E-state index contributed by atoms with van der Waals surface area (Å²) in [5, 5.41) is 0. The SMILES string of the molecule is CC(C)[C@H]1C(=O)N(S(C)(=O)=O)[C@H]2CCN(C(=O)C=CCCl)[C@H]12. The van der Waals surface area contributed by atoms with E-state index in [1.807, 2.05) is 13.8 Å². The third-order valence-corrected chi connectivity index (χ3v) is 5.64. The number of rotatable bonds is 4. The van der Waals surface area contributed by atoms with Crippen molar-refractivity contribution in [1.82, 2.24) is 9.21 Å². The van der Waals surface area contributed by atoms with Gasteiger partial charge in [0.25, 0.3) is 0 Å². The first-order valence-corrected chi connectivity index (χ1v) is 9.64. The molecular formula is C14H21ClN2O4S. The van der Waals surface area contributed by atoms with E-state index in [0.29, 0.717) is 13.0 Å². The summed E-state index contributed by atoms with van der Waals surface area (Å²) in [4.78, 5) is 26.5. The van der Waals surface area contributed by atoms with E-state index in [4.69, 9.17) is 11.6 Å². The van der Waals surface area contributed by atoms with Crippen LogP contribution in [-0.4, -0.2) is 60.2 Å². The van der Waals surface area contributed by atoms with Crippen molar-refractivity contribution in [3.63, 3.8) is 0 Å². The molecule has 2 amide bonds. The van der Waals surface area contributed by atoms with Gasteiger partial charge >= 0.3 is 0 Å². The third-order valence-electron chi connectivity index (χ3n) is 4.30. The molecular weight excluding hydrogens is 328 g/mol. The maximum Gasteiger partial charge on any atom is 0.246 e. The van der Waals surface area contributed by atoms with Crippen molar-refractivity contribution in [2.75, 3.05) is 18.7 Å². The molecule has 8 heteroatoms. The fourth-order valence-electron chi connectivity index (χ4n) is 3.53. The second-order valence-corrected chi connectivity index (χ2v) is 8.27. The molecule has 124 valence electrons. The lowest BCUT2D eigenvalue weighted by Gasteiger charge is -2.28. The van der Waals surface area contributed by atoms with E-state index in [-0.39, 0.29) is 17.7 Å². The summed E-state index contributed by atoms with van der Waals surface area (Å²) in [5.74, 6) is -0.920. The van der Waals surface area contributed by atoms with Crippen LogP contribution in [0.2, 0.25) is 0 Å². The van der Waals surface area contributed by atoms with Gasteiger partial charge in [-0.05, 0) is 12.3 Å². The van der Waals surface area contributed by atoms with E-state index >= 15 is 0 Å². The molecule has 2 heterocycles. The van der Waals surface area contributed by atoms with Crippen molar-refractivity contribution in [3.8, 4) is 0 Å². The van der Waals surface area contributed by atoms with Gasteiger partial charge in [-0.15, -0.1) is 11.6 Å². The van der Waals surface area contributed by atoms with Crippen LogP contribution in [0.1, 0.15) is 20.3 Å². The largest absolute Gasteiger partial charge is 0.333 e. The van der Waals surface area contributed by atoms with E-state index in [1.54, 1.807) is 11.0 Å². The number of hydrogen-bond acceptors (Lipinski definition) is 4. The number of hydrogen-bond donors (Lipinski definition) is 0. The molecule has 22 heavy (non-hydrogen) atoms. The Morgan fingerprint density at radius 2 is 2.09 bits per heavy atom. The van der Waals surface area contributed by atoms with Crippen LogP contribution in [0.25, 0.3) is 0 Å². The van der Waals surface area contributed by atoms with Crippen molar-refractivity contribution in [2.45, 2.75) is 32.4 Å². The van der Waals surface area contributed by atoms with Gasteiger partial charge in [-0.25, -0.2) is 12.7 Å². The maximum atomic E-state index is 12.6. The van der Waals surface area contributed by atoms with Gasteiger partial charge in [-0.3, -0.25) is 9.59 Å². The van der Waals surface area contributed by atoms with E-state index in [9.17, 15) is 18.0 Å². The highest BCUT2D eigenvalue weighted by Gasteiger charge is 2.58. The Hall–Kier alpha value is -1.08. The monoisotopic (exact) mass is 348 g/mol. The molecule has 2 aliphatic heterocycles. The summed E-state index contributed by atoms with van der Waals surface area (Å²) in [6.45, 7) is 4.20. The Bertz CT molecular complexity index is 602. The molecule has 0 aromatic rings. The zero-order valence-electron chi connectivity index (χ0n) is 12.9.